The number of rotatable bonds is 10. The van der Waals surface area contributed by atoms with Crippen LogP contribution < -0.4 is 0 Å². The largest absolute Gasteiger partial charge is 0.481 e. The Kier molecular flexibility index (Phi) is 9.52. The van der Waals surface area contributed by atoms with Gasteiger partial charge in [0.25, 0.3) is 0 Å². The number of aliphatic hydroxyl groups excluding tert-OH is 2. The second kappa shape index (κ2) is 9.93. The Morgan fingerprint density at radius 2 is 1.53 bits per heavy atom. The summed E-state index contributed by atoms with van der Waals surface area (Å²) in [5, 5.41) is 26.0. The van der Waals surface area contributed by atoms with Crippen LogP contribution in [0.3, 0.4) is 0 Å². The highest BCUT2D eigenvalue weighted by Crippen LogP contribution is 2.09. The van der Waals surface area contributed by atoms with Crippen molar-refractivity contribution < 1.29 is 20.1 Å². The average molecular weight is 218 g/mol. The molecule has 0 bridgehead atoms. The summed E-state index contributed by atoms with van der Waals surface area (Å²) in [5.74, 6) is -0.721. The van der Waals surface area contributed by atoms with Gasteiger partial charge in [-0.1, -0.05) is 32.1 Å². The summed E-state index contributed by atoms with van der Waals surface area (Å²) in [6.45, 7) is -0.154. The van der Waals surface area contributed by atoms with Crippen molar-refractivity contribution in [2.24, 2.45) is 0 Å². The maximum absolute atomic E-state index is 10.2. The number of hydrogen-bond donors (Lipinski definition) is 3. The molecule has 0 radical (unpaired) electrons. The van der Waals surface area contributed by atoms with Crippen LogP contribution in [-0.4, -0.2) is 34.0 Å². The summed E-state index contributed by atoms with van der Waals surface area (Å²) >= 11 is 0. The molecule has 0 spiro atoms. The summed E-state index contributed by atoms with van der Waals surface area (Å²) in [6, 6.07) is 0. The summed E-state index contributed by atoms with van der Waals surface area (Å²) in [5.41, 5.74) is 0. The molecule has 4 heteroatoms. The smallest absolute Gasteiger partial charge is 0.303 e. The molecular formula is C11H22O4. The maximum atomic E-state index is 10.2. The molecular weight excluding hydrogens is 196 g/mol. The minimum Gasteiger partial charge on any atom is -0.481 e. The molecule has 0 rings (SSSR count). The van der Waals surface area contributed by atoms with E-state index < -0.39 is 12.1 Å². The van der Waals surface area contributed by atoms with Crippen LogP contribution in [0, 0.1) is 0 Å². The topological polar surface area (TPSA) is 77.8 Å². The van der Waals surface area contributed by atoms with E-state index in [9.17, 15) is 4.79 Å². The van der Waals surface area contributed by atoms with Crippen LogP contribution in [0.15, 0.2) is 0 Å². The molecule has 1 unspecified atom stereocenters. The number of aliphatic carboxylic acids is 1. The molecule has 0 aliphatic carbocycles. The Morgan fingerprint density at radius 3 is 2.07 bits per heavy atom. The van der Waals surface area contributed by atoms with E-state index in [1.807, 2.05) is 0 Å². The van der Waals surface area contributed by atoms with Gasteiger partial charge in [-0.05, 0) is 12.8 Å². The Balaban J connectivity index is 3.02. The highest BCUT2D eigenvalue weighted by molar-refractivity contribution is 5.66. The van der Waals surface area contributed by atoms with Crippen LogP contribution in [0.4, 0.5) is 0 Å². The first-order valence-electron chi connectivity index (χ1n) is 5.67. The van der Waals surface area contributed by atoms with Crippen molar-refractivity contribution in [3.63, 3.8) is 0 Å². The third-order valence-corrected chi connectivity index (χ3v) is 2.39. The third-order valence-electron chi connectivity index (χ3n) is 2.39. The molecule has 90 valence electrons. The average Bonchev–Trinajstić information content (AvgIpc) is 2.21. The summed E-state index contributed by atoms with van der Waals surface area (Å²) in [7, 11) is 0. The molecule has 4 nitrogen and oxygen atoms in total. The van der Waals surface area contributed by atoms with Gasteiger partial charge in [0.2, 0.25) is 0 Å². The molecule has 0 saturated carbocycles. The molecule has 0 heterocycles. The van der Waals surface area contributed by atoms with Gasteiger partial charge in [-0.15, -0.1) is 0 Å². The fourth-order valence-corrected chi connectivity index (χ4v) is 1.45. The molecule has 15 heavy (non-hydrogen) atoms. The van der Waals surface area contributed by atoms with Crippen molar-refractivity contribution in [3.8, 4) is 0 Å². The molecule has 0 aliphatic heterocycles. The Hall–Kier alpha value is -0.610. The van der Waals surface area contributed by atoms with Gasteiger partial charge < -0.3 is 15.3 Å². The van der Waals surface area contributed by atoms with Gasteiger partial charge in [-0.25, -0.2) is 0 Å². The fraction of sp³-hybridized carbons (Fsp3) is 0.909. The Labute approximate surface area is 90.9 Å². The Bertz CT molecular complexity index is 159. The molecule has 0 aromatic rings. The van der Waals surface area contributed by atoms with Gasteiger partial charge >= 0.3 is 5.97 Å². The van der Waals surface area contributed by atoms with E-state index in [4.69, 9.17) is 15.3 Å². The fourth-order valence-electron chi connectivity index (χ4n) is 1.45. The number of hydrogen-bond acceptors (Lipinski definition) is 3. The van der Waals surface area contributed by atoms with Crippen LogP contribution >= 0.6 is 0 Å². The van der Waals surface area contributed by atoms with Gasteiger partial charge in [0.1, 0.15) is 0 Å². The number of carbonyl (C=O) groups is 1. The normalized spacial score (nSPS) is 12.7. The highest BCUT2D eigenvalue weighted by Gasteiger charge is 2.01. The standard InChI is InChI=1S/C11H22O4/c12-9-10(13)7-5-3-1-2-4-6-8-11(14)15/h10,12-13H,1-9H2,(H,14,15). The van der Waals surface area contributed by atoms with Gasteiger partial charge in [-0.2, -0.15) is 0 Å². The summed E-state index contributed by atoms with van der Waals surface area (Å²) in [4.78, 5) is 10.2. The van der Waals surface area contributed by atoms with Crippen LogP contribution in [0.5, 0.6) is 0 Å². The van der Waals surface area contributed by atoms with Crippen molar-refractivity contribution in [1.29, 1.82) is 0 Å². The lowest BCUT2D eigenvalue weighted by Gasteiger charge is -2.05. The predicted octanol–water partition coefficient (Wildman–Crippen LogP) is 1.54. The van der Waals surface area contributed by atoms with Gasteiger partial charge in [0, 0.05) is 6.42 Å². The lowest BCUT2D eigenvalue weighted by atomic mass is 10.1. The number of carboxylic acids is 1. The SMILES string of the molecule is O=C(O)CCCCCCCCC(O)CO. The zero-order valence-corrected chi connectivity index (χ0v) is 9.19. The van der Waals surface area contributed by atoms with Crippen LogP contribution in [-0.2, 0) is 4.79 Å². The molecule has 0 saturated heterocycles. The van der Waals surface area contributed by atoms with Crippen molar-refractivity contribution in [2.45, 2.75) is 57.5 Å². The van der Waals surface area contributed by atoms with E-state index in [0.29, 0.717) is 6.42 Å². The van der Waals surface area contributed by atoms with Gasteiger partial charge in [-0.3, -0.25) is 4.79 Å². The van der Waals surface area contributed by atoms with Crippen molar-refractivity contribution in [2.75, 3.05) is 6.61 Å². The first-order valence-corrected chi connectivity index (χ1v) is 5.67. The van der Waals surface area contributed by atoms with E-state index in [0.717, 1.165) is 38.5 Å². The number of unbranched alkanes of at least 4 members (excludes halogenated alkanes) is 5. The predicted molar refractivity (Wildman–Crippen MR) is 57.7 cm³/mol. The lowest BCUT2D eigenvalue weighted by Crippen LogP contribution is -2.10. The van der Waals surface area contributed by atoms with Crippen LogP contribution in [0.25, 0.3) is 0 Å². The van der Waals surface area contributed by atoms with Gasteiger partial charge in [0.05, 0.1) is 12.7 Å². The van der Waals surface area contributed by atoms with Crippen molar-refractivity contribution >= 4 is 5.97 Å². The lowest BCUT2D eigenvalue weighted by molar-refractivity contribution is -0.137. The Morgan fingerprint density at radius 1 is 1.00 bits per heavy atom. The quantitative estimate of drug-likeness (QED) is 0.486. The second-order valence-corrected chi connectivity index (χ2v) is 3.89. The first kappa shape index (κ1) is 14.4. The summed E-state index contributed by atoms with van der Waals surface area (Å²) in [6.07, 6.45) is 6.20. The minimum absolute atomic E-state index is 0.154. The molecule has 0 aliphatic rings. The zero-order chi connectivity index (χ0) is 11.5. The first-order chi connectivity index (χ1) is 7.16. The van der Waals surface area contributed by atoms with Crippen LogP contribution in [0.2, 0.25) is 0 Å². The van der Waals surface area contributed by atoms with Crippen molar-refractivity contribution in [3.05, 3.63) is 0 Å². The molecule has 0 fully saturated rings. The zero-order valence-electron chi connectivity index (χ0n) is 9.19. The highest BCUT2D eigenvalue weighted by atomic mass is 16.4. The van der Waals surface area contributed by atoms with Gasteiger partial charge in [0.15, 0.2) is 0 Å². The molecule has 0 amide bonds. The summed E-state index contributed by atoms with van der Waals surface area (Å²) < 4.78 is 0. The van der Waals surface area contributed by atoms with Crippen molar-refractivity contribution in [1.82, 2.24) is 0 Å². The van der Waals surface area contributed by atoms with E-state index in [2.05, 4.69) is 0 Å². The monoisotopic (exact) mass is 218 g/mol. The van der Waals surface area contributed by atoms with E-state index in [1.165, 1.54) is 0 Å². The van der Waals surface area contributed by atoms with E-state index in [1.54, 1.807) is 0 Å². The molecule has 0 aromatic heterocycles. The second-order valence-electron chi connectivity index (χ2n) is 3.89. The molecule has 1 atom stereocenters. The molecule has 0 aromatic carbocycles. The maximum Gasteiger partial charge on any atom is 0.303 e. The third kappa shape index (κ3) is 11.3. The van der Waals surface area contributed by atoms with E-state index >= 15 is 0 Å². The number of aliphatic hydroxyl groups is 2. The van der Waals surface area contributed by atoms with E-state index in [-0.39, 0.29) is 13.0 Å². The number of carboxylic acid groups (broad SMARTS) is 1. The minimum atomic E-state index is -0.721. The molecule has 3 N–H and O–H groups in total. The van der Waals surface area contributed by atoms with Crippen LogP contribution in [0.1, 0.15) is 51.4 Å².